The fraction of sp³-hybridized carbons (Fsp3) is 0.500. The van der Waals surface area contributed by atoms with E-state index in [9.17, 15) is 18.0 Å². The van der Waals surface area contributed by atoms with Crippen molar-refractivity contribution in [3.63, 3.8) is 0 Å². The Labute approximate surface area is 170 Å². The van der Waals surface area contributed by atoms with Gasteiger partial charge in [0.05, 0.1) is 22.3 Å². The van der Waals surface area contributed by atoms with Crippen molar-refractivity contribution in [1.29, 1.82) is 0 Å². The van der Waals surface area contributed by atoms with Crippen LogP contribution in [0.25, 0.3) is 11.1 Å². The van der Waals surface area contributed by atoms with Gasteiger partial charge in [-0.15, -0.1) is 0 Å². The third kappa shape index (κ3) is 3.66. The highest BCUT2D eigenvalue weighted by atomic mass is 19.4. The fourth-order valence-electron chi connectivity index (χ4n) is 3.77. The summed E-state index contributed by atoms with van der Waals surface area (Å²) >= 11 is 0. The van der Waals surface area contributed by atoms with Crippen LogP contribution >= 0.6 is 0 Å². The van der Waals surface area contributed by atoms with Crippen molar-refractivity contribution in [1.82, 2.24) is 20.2 Å². The van der Waals surface area contributed by atoms with E-state index >= 15 is 0 Å². The molecule has 0 unspecified atom stereocenters. The zero-order valence-electron chi connectivity index (χ0n) is 16.8. The third-order valence-corrected chi connectivity index (χ3v) is 5.39. The average Bonchev–Trinajstić information content (AvgIpc) is 3.34. The molecule has 0 N–H and O–H groups in total. The van der Waals surface area contributed by atoms with Crippen LogP contribution in [0.2, 0.25) is 0 Å². The summed E-state index contributed by atoms with van der Waals surface area (Å²) in [5, 5.41) is 7.36. The van der Waals surface area contributed by atoms with Crippen LogP contribution < -0.4 is 0 Å². The summed E-state index contributed by atoms with van der Waals surface area (Å²) < 4.78 is 51.1. The van der Waals surface area contributed by atoms with Crippen molar-refractivity contribution in [3.8, 4) is 0 Å². The Morgan fingerprint density at radius 3 is 2.67 bits per heavy atom. The Balaban J connectivity index is 1.63. The number of carbonyl (C=O) groups is 1. The number of nitrogens with zero attached hydrogens (tertiary/aromatic N) is 4. The minimum atomic E-state index is -4.57. The summed E-state index contributed by atoms with van der Waals surface area (Å²) in [4.78, 5) is 18.7. The summed E-state index contributed by atoms with van der Waals surface area (Å²) in [6, 6.07) is 2.66. The molecule has 3 aromatic rings. The number of halogens is 3. The molecule has 0 radical (unpaired) electrons. The molecule has 1 aliphatic rings. The van der Waals surface area contributed by atoms with Crippen molar-refractivity contribution < 1.29 is 27.0 Å². The van der Waals surface area contributed by atoms with Gasteiger partial charge in [0.2, 0.25) is 0 Å². The highest BCUT2D eigenvalue weighted by Crippen LogP contribution is 2.38. The second-order valence-electron chi connectivity index (χ2n) is 7.90. The van der Waals surface area contributed by atoms with Crippen LogP contribution in [0.1, 0.15) is 71.7 Å². The average molecular weight is 422 g/mol. The number of fused-ring (bicyclic) bond motifs is 1. The van der Waals surface area contributed by atoms with Gasteiger partial charge >= 0.3 is 6.18 Å². The molecule has 0 bridgehead atoms. The van der Waals surface area contributed by atoms with Crippen LogP contribution in [0, 0.1) is 6.92 Å². The van der Waals surface area contributed by atoms with Gasteiger partial charge in [0.15, 0.2) is 5.69 Å². The second-order valence-corrected chi connectivity index (χ2v) is 7.90. The minimum absolute atomic E-state index is 0.0928. The number of aryl methyl sites for hydroxylation is 1. The number of pyridine rings is 1. The smallest absolute Gasteiger partial charge is 0.360 e. The number of carbonyl (C=O) groups excluding carboxylic acids is 1. The van der Waals surface area contributed by atoms with Gasteiger partial charge in [-0.1, -0.05) is 24.2 Å². The van der Waals surface area contributed by atoms with E-state index in [1.807, 2.05) is 13.8 Å². The van der Waals surface area contributed by atoms with Crippen molar-refractivity contribution >= 4 is 17.0 Å². The third-order valence-electron chi connectivity index (χ3n) is 5.39. The molecule has 0 aromatic carbocycles. The van der Waals surface area contributed by atoms with Crippen LogP contribution in [0.15, 0.2) is 21.2 Å². The first-order valence-corrected chi connectivity index (χ1v) is 9.75. The summed E-state index contributed by atoms with van der Waals surface area (Å²) in [5.41, 5.74) is -0.374. The first-order chi connectivity index (χ1) is 14.1. The van der Waals surface area contributed by atoms with Crippen LogP contribution in [0.5, 0.6) is 0 Å². The number of hydrogen-bond donors (Lipinski definition) is 0. The lowest BCUT2D eigenvalue weighted by Gasteiger charge is -2.32. The van der Waals surface area contributed by atoms with Crippen LogP contribution in [0.3, 0.4) is 0 Å². The predicted molar refractivity (Wildman–Crippen MR) is 100 cm³/mol. The highest BCUT2D eigenvalue weighted by Gasteiger charge is 2.37. The van der Waals surface area contributed by atoms with Crippen LogP contribution in [-0.4, -0.2) is 39.2 Å². The maximum absolute atomic E-state index is 13.6. The zero-order chi connectivity index (χ0) is 21.6. The molecule has 30 heavy (non-hydrogen) atoms. The van der Waals surface area contributed by atoms with Gasteiger partial charge in [0, 0.05) is 31.0 Å². The molecule has 1 fully saturated rings. The summed E-state index contributed by atoms with van der Waals surface area (Å²) in [6.45, 7) is 6.04. The largest absolute Gasteiger partial charge is 0.417 e. The molecule has 0 spiro atoms. The summed E-state index contributed by atoms with van der Waals surface area (Å²) in [6.07, 6.45) is -3.31. The van der Waals surface area contributed by atoms with E-state index in [1.54, 1.807) is 11.0 Å². The molecule has 4 rings (SSSR count). The van der Waals surface area contributed by atoms with E-state index in [-0.39, 0.29) is 52.5 Å². The number of rotatable bonds is 3. The number of likely N-dealkylation sites (tertiary alicyclic amines) is 1. The number of hydrogen-bond acceptors (Lipinski definition) is 6. The van der Waals surface area contributed by atoms with Crippen LogP contribution in [0.4, 0.5) is 13.2 Å². The molecule has 160 valence electrons. The zero-order valence-corrected chi connectivity index (χ0v) is 16.8. The second kappa shape index (κ2) is 7.41. The SMILES string of the molecule is Cc1noc2nc([C@@H]3CCCN(C(=O)c4cc(C(C)C)on4)C3)cc(C(F)(F)F)c12. The van der Waals surface area contributed by atoms with E-state index in [1.165, 1.54) is 6.92 Å². The Morgan fingerprint density at radius 1 is 1.23 bits per heavy atom. The lowest BCUT2D eigenvalue weighted by atomic mass is 9.92. The van der Waals surface area contributed by atoms with Crippen molar-refractivity contribution in [2.24, 2.45) is 0 Å². The number of amides is 1. The Morgan fingerprint density at radius 2 is 2.00 bits per heavy atom. The van der Waals surface area contributed by atoms with E-state index in [4.69, 9.17) is 9.05 Å². The number of piperidine rings is 1. The van der Waals surface area contributed by atoms with Gasteiger partial charge in [-0.2, -0.15) is 13.2 Å². The first-order valence-electron chi connectivity index (χ1n) is 9.75. The maximum atomic E-state index is 13.6. The summed E-state index contributed by atoms with van der Waals surface area (Å²) in [7, 11) is 0. The lowest BCUT2D eigenvalue weighted by Crippen LogP contribution is -2.39. The molecule has 0 saturated carbocycles. The molecule has 1 atom stereocenters. The highest BCUT2D eigenvalue weighted by molar-refractivity contribution is 5.92. The van der Waals surface area contributed by atoms with Gasteiger partial charge in [-0.05, 0) is 25.8 Å². The monoisotopic (exact) mass is 422 g/mol. The van der Waals surface area contributed by atoms with E-state index in [0.29, 0.717) is 25.1 Å². The van der Waals surface area contributed by atoms with Crippen molar-refractivity contribution in [3.05, 3.63) is 40.5 Å². The van der Waals surface area contributed by atoms with Crippen LogP contribution in [-0.2, 0) is 6.18 Å². The van der Waals surface area contributed by atoms with Gasteiger partial charge in [-0.3, -0.25) is 4.79 Å². The van der Waals surface area contributed by atoms with Gasteiger partial charge in [0.25, 0.3) is 11.6 Å². The lowest BCUT2D eigenvalue weighted by molar-refractivity contribution is -0.136. The topological polar surface area (TPSA) is 85.3 Å². The standard InChI is InChI=1S/C20H21F3N4O3/c1-10(2)16-8-15(26-29-16)19(28)27-6-4-5-12(9-27)14-7-13(20(21,22)23)17-11(3)25-30-18(17)24-14/h7-8,10,12H,4-6,9H2,1-3H3/t12-/m1/s1. The Bertz CT molecular complexity index is 1090. The molecule has 1 aliphatic heterocycles. The Hall–Kier alpha value is -2.91. The van der Waals surface area contributed by atoms with Gasteiger partial charge in [0.1, 0.15) is 5.76 Å². The van der Waals surface area contributed by atoms with E-state index < -0.39 is 11.7 Å². The van der Waals surface area contributed by atoms with Crippen molar-refractivity contribution in [2.75, 3.05) is 13.1 Å². The quantitative estimate of drug-likeness (QED) is 0.609. The predicted octanol–water partition coefficient (Wildman–Crippen LogP) is 4.68. The maximum Gasteiger partial charge on any atom is 0.417 e. The molecular formula is C20H21F3N4O3. The molecule has 1 amide bonds. The molecule has 0 aliphatic carbocycles. The van der Waals surface area contributed by atoms with E-state index in [0.717, 1.165) is 6.07 Å². The number of aromatic nitrogens is 3. The van der Waals surface area contributed by atoms with Crippen molar-refractivity contribution in [2.45, 2.75) is 51.6 Å². The first kappa shape index (κ1) is 20.4. The van der Waals surface area contributed by atoms with Gasteiger partial charge in [-0.25, -0.2) is 4.98 Å². The molecular weight excluding hydrogens is 401 g/mol. The minimum Gasteiger partial charge on any atom is -0.360 e. The summed E-state index contributed by atoms with van der Waals surface area (Å²) in [5.74, 6) is 0.0443. The normalized spacial score (nSPS) is 17.8. The Kier molecular flexibility index (Phi) is 5.03. The van der Waals surface area contributed by atoms with Gasteiger partial charge < -0.3 is 13.9 Å². The number of alkyl halides is 3. The molecule has 3 aromatic heterocycles. The molecule has 4 heterocycles. The fourth-order valence-corrected chi connectivity index (χ4v) is 3.77. The molecule has 1 saturated heterocycles. The molecule has 7 nitrogen and oxygen atoms in total. The molecule has 10 heteroatoms. The van der Waals surface area contributed by atoms with E-state index in [2.05, 4.69) is 15.3 Å².